The molecule has 138 valence electrons. The van der Waals surface area contributed by atoms with Crippen molar-refractivity contribution >= 4 is 0 Å². The third-order valence-electron chi connectivity index (χ3n) is 5.10. The van der Waals surface area contributed by atoms with Crippen molar-refractivity contribution < 1.29 is 4.68 Å². The van der Waals surface area contributed by atoms with Gasteiger partial charge in [-0.05, 0) is 17.0 Å². The first-order valence-electron chi connectivity index (χ1n) is 10.3. The second-order valence-electron chi connectivity index (χ2n) is 7.25. The van der Waals surface area contributed by atoms with E-state index < -0.39 is 0 Å². The topological polar surface area (TPSA) is 32.6 Å². The third-order valence-corrected chi connectivity index (χ3v) is 5.10. The van der Waals surface area contributed by atoms with Gasteiger partial charge in [0.2, 0.25) is 6.33 Å². The zero-order valence-corrected chi connectivity index (χ0v) is 16.0. The molecule has 1 aromatic heterocycles. The summed E-state index contributed by atoms with van der Waals surface area (Å²) in [4.78, 5) is 4.13. The first kappa shape index (κ1) is 19.7. The Bertz CT molecular complexity index is 521. The van der Waals surface area contributed by atoms with Gasteiger partial charge in [-0.3, -0.25) is 0 Å². The molecule has 1 aromatic carbocycles. The molecule has 0 aliphatic rings. The lowest BCUT2D eigenvalue weighted by atomic mass is 9.93. The summed E-state index contributed by atoms with van der Waals surface area (Å²) in [6.07, 6.45) is 18.9. The molecular weight excluding hydrogens is 306 g/mol. The van der Waals surface area contributed by atoms with Gasteiger partial charge in [0, 0.05) is 5.92 Å². The van der Waals surface area contributed by atoms with Gasteiger partial charge in [-0.15, -0.1) is 0 Å². The predicted molar refractivity (Wildman–Crippen MR) is 104 cm³/mol. The van der Waals surface area contributed by atoms with Crippen LogP contribution in [-0.4, -0.2) is 10.1 Å². The minimum Gasteiger partial charge on any atom is -0.194 e. The fourth-order valence-electron chi connectivity index (χ4n) is 3.56. The van der Waals surface area contributed by atoms with E-state index in [0.29, 0.717) is 5.92 Å². The quantitative estimate of drug-likeness (QED) is 0.342. The fraction of sp³-hybridized carbons (Fsp3) is 0.636. The van der Waals surface area contributed by atoms with Crippen LogP contribution in [0.25, 0.3) is 0 Å². The van der Waals surface area contributed by atoms with Gasteiger partial charge in [0.1, 0.15) is 6.54 Å². The van der Waals surface area contributed by atoms with Crippen molar-refractivity contribution in [2.75, 3.05) is 0 Å². The molecule has 25 heavy (non-hydrogen) atoms. The molecule has 1 heterocycles. The monoisotopic (exact) mass is 342 g/mol. The van der Waals surface area contributed by atoms with E-state index in [0.717, 1.165) is 6.54 Å². The van der Waals surface area contributed by atoms with Crippen LogP contribution < -0.4 is 4.68 Å². The number of aromatic amines is 1. The average molecular weight is 343 g/mol. The van der Waals surface area contributed by atoms with Crippen molar-refractivity contribution in [3.63, 3.8) is 0 Å². The first-order valence-corrected chi connectivity index (χ1v) is 10.3. The van der Waals surface area contributed by atoms with Crippen molar-refractivity contribution in [3.05, 3.63) is 48.5 Å². The van der Waals surface area contributed by atoms with Crippen LogP contribution in [-0.2, 0) is 6.54 Å². The summed E-state index contributed by atoms with van der Waals surface area (Å²) in [5.74, 6) is 0.570. The van der Waals surface area contributed by atoms with Crippen molar-refractivity contribution in [2.24, 2.45) is 0 Å². The third kappa shape index (κ3) is 8.33. The summed E-state index contributed by atoms with van der Waals surface area (Å²) >= 11 is 0. The van der Waals surface area contributed by atoms with Gasteiger partial charge in [0.15, 0.2) is 0 Å². The van der Waals surface area contributed by atoms with Crippen LogP contribution in [0.4, 0.5) is 0 Å². The van der Waals surface area contributed by atoms with E-state index in [4.69, 9.17) is 0 Å². The van der Waals surface area contributed by atoms with Crippen LogP contribution >= 0.6 is 0 Å². The Morgan fingerprint density at radius 3 is 2.12 bits per heavy atom. The Balaban J connectivity index is 1.63. The predicted octanol–water partition coefficient (Wildman–Crippen LogP) is 5.79. The van der Waals surface area contributed by atoms with Gasteiger partial charge in [-0.25, -0.2) is 0 Å². The van der Waals surface area contributed by atoms with E-state index in [1.807, 2.05) is 6.33 Å². The summed E-state index contributed by atoms with van der Waals surface area (Å²) in [7, 11) is 0. The van der Waals surface area contributed by atoms with Crippen molar-refractivity contribution in [1.82, 2.24) is 10.1 Å². The summed E-state index contributed by atoms with van der Waals surface area (Å²) in [5, 5.41) is 3.18. The highest BCUT2D eigenvalue weighted by atomic mass is 15.3. The first-order chi connectivity index (χ1) is 12.4. The van der Waals surface area contributed by atoms with E-state index in [-0.39, 0.29) is 0 Å². The minimum atomic E-state index is 0.570. The second kappa shape index (κ2) is 12.7. The maximum atomic E-state index is 4.13. The smallest absolute Gasteiger partial charge is 0.194 e. The molecule has 0 fully saturated rings. The van der Waals surface area contributed by atoms with Gasteiger partial charge in [-0.2, -0.15) is 9.78 Å². The maximum Gasteiger partial charge on any atom is 0.306 e. The van der Waals surface area contributed by atoms with Gasteiger partial charge in [0.05, 0.1) is 0 Å². The molecule has 0 radical (unpaired) electrons. The lowest BCUT2D eigenvalue weighted by molar-refractivity contribution is -0.753. The summed E-state index contributed by atoms with van der Waals surface area (Å²) < 4.78 is 2.09. The summed E-state index contributed by atoms with van der Waals surface area (Å²) in [6, 6.07) is 10.9. The number of H-pyrrole nitrogens is 1. The van der Waals surface area contributed by atoms with Crippen molar-refractivity contribution in [1.29, 1.82) is 0 Å². The Kier molecular flexibility index (Phi) is 9.99. The number of unbranched alkanes of at least 4 members (excludes halogenated alkanes) is 9. The van der Waals surface area contributed by atoms with E-state index in [2.05, 4.69) is 52.0 Å². The number of hydrogen-bond acceptors (Lipinski definition) is 1. The standard InChI is InChI=1S/C22H35N3/c1-2-3-4-5-6-7-8-9-10-12-17-22(18-25-20-23-19-24-25)21-15-13-11-14-16-21/h11,13-16,19-20,22H,2-10,12,17-18H2,1H3/p+1. The number of hydrogen-bond donors (Lipinski definition) is 1. The molecule has 0 amide bonds. The largest absolute Gasteiger partial charge is 0.306 e. The van der Waals surface area contributed by atoms with Crippen LogP contribution in [0.3, 0.4) is 0 Å². The second-order valence-corrected chi connectivity index (χ2v) is 7.25. The minimum absolute atomic E-state index is 0.570. The summed E-state index contributed by atoms with van der Waals surface area (Å²) in [6.45, 7) is 3.27. The number of rotatable bonds is 14. The number of aromatic nitrogens is 3. The van der Waals surface area contributed by atoms with E-state index in [1.54, 1.807) is 6.33 Å². The zero-order chi connectivity index (χ0) is 17.6. The van der Waals surface area contributed by atoms with Crippen LogP contribution in [0.5, 0.6) is 0 Å². The lowest BCUT2D eigenvalue weighted by Gasteiger charge is -2.15. The fourth-order valence-corrected chi connectivity index (χ4v) is 3.56. The molecule has 1 unspecified atom stereocenters. The molecule has 0 saturated heterocycles. The normalized spacial score (nSPS) is 12.4. The molecule has 0 bridgehead atoms. The number of nitrogens with zero attached hydrogens (tertiary/aromatic N) is 2. The van der Waals surface area contributed by atoms with Gasteiger partial charge in [0.25, 0.3) is 0 Å². The molecule has 2 aromatic rings. The number of benzene rings is 1. The van der Waals surface area contributed by atoms with E-state index in [1.165, 1.54) is 76.2 Å². The lowest BCUT2D eigenvalue weighted by Crippen LogP contribution is -2.37. The van der Waals surface area contributed by atoms with Crippen molar-refractivity contribution in [2.45, 2.75) is 90.0 Å². The van der Waals surface area contributed by atoms with Crippen molar-refractivity contribution in [3.8, 4) is 0 Å². The van der Waals surface area contributed by atoms with Crippen LogP contribution in [0, 0.1) is 0 Å². The Morgan fingerprint density at radius 1 is 0.880 bits per heavy atom. The molecule has 3 nitrogen and oxygen atoms in total. The highest BCUT2D eigenvalue weighted by molar-refractivity contribution is 5.18. The SMILES string of the molecule is CCCCCCCCCCCCC(C[n+]1cnc[nH]1)c1ccccc1. The van der Waals surface area contributed by atoms with E-state index >= 15 is 0 Å². The number of nitrogens with one attached hydrogen (secondary N) is 1. The maximum absolute atomic E-state index is 4.13. The average Bonchev–Trinajstić information content (AvgIpc) is 3.16. The van der Waals surface area contributed by atoms with Crippen LogP contribution in [0.2, 0.25) is 0 Å². The zero-order valence-electron chi connectivity index (χ0n) is 16.0. The molecular formula is C22H36N3+. The molecule has 0 spiro atoms. The Hall–Kier alpha value is -1.64. The van der Waals surface area contributed by atoms with Gasteiger partial charge in [-0.1, -0.05) is 101 Å². The van der Waals surface area contributed by atoms with E-state index in [9.17, 15) is 0 Å². The molecule has 1 N–H and O–H groups in total. The Labute approximate surface area is 153 Å². The Morgan fingerprint density at radius 2 is 1.52 bits per heavy atom. The van der Waals surface area contributed by atoms with Crippen LogP contribution in [0.15, 0.2) is 43.0 Å². The molecule has 0 aliphatic heterocycles. The highest BCUT2D eigenvalue weighted by Gasteiger charge is 2.15. The molecule has 1 atom stereocenters. The molecule has 2 rings (SSSR count). The molecule has 0 aliphatic carbocycles. The van der Waals surface area contributed by atoms with Gasteiger partial charge >= 0.3 is 6.33 Å². The molecule has 0 saturated carbocycles. The summed E-state index contributed by atoms with van der Waals surface area (Å²) in [5.41, 5.74) is 1.44. The van der Waals surface area contributed by atoms with Gasteiger partial charge < -0.3 is 0 Å². The highest BCUT2D eigenvalue weighted by Crippen LogP contribution is 2.23. The molecule has 3 heteroatoms. The van der Waals surface area contributed by atoms with Crippen LogP contribution in [0.1, 0.15) is 89.0 Å².